The van der Waals surface area contributed by atoms with E-state index in [0.29, 0.717) is 6.10 Å². The van der Waals surface area contributed by atoms with E-state index in [9.17, 15) is 0 Å². The third-order valence-electron chi connectivity index (χ3n) is 6.09. The van der Waals surface area contributed by atoms with Crippen LogP contribution in [0.15, 0.2) is 59.6 Å². The number of nitrogens with one attached hydrogen (secondary N) is 1. The average Bonchev–Trinajstić information content (AvgIpc) is 2.81. The molecule has 4 rings (SSSR count). The zero-order valence-corrected chi connectivity index (χ0v) is 18.8. The summed E-state index contributed by atoms with van der Waals surface area (Å²) < 4.78 is 5.66. The highest BCUT2D eigenvalue weighted by atomic mass is 16.5. The molecule has 1 atom stereocenters. The standard InChI is InChI=1S/C25H35N5O/c1-21-19-28(15-16-31-21)20-23-8-6-7-22(17-23)18-27-25(26-2)30-13-11-29(12-14-30)24-9-4-3-5-10-24/h3-10,17,21H,11-16,18-20H2,1-2H3,(H,26,27). The van der Waals surface area contributed by atoms with Gasteiger partial charge in [-0.2, -0.15) is 0 Å². The summed E-state index contributed by atoms with van der Waals surface area (Å²) in [6, 6.07) is 19.6. The van der Waals surface area contributed by atoms with Gasteiger partial charge in [-0.3, -0.25) is 9.89 Å². The zero-order valence-electron chi connectivity index (χ0n) is 18.8. The highest BCUT2D eigenvalue weighted by Gasteiger charge is 2.20. The molecule has 2 aliphatic heterocycles. The highest BCUT2D eigenvalue weighted by Crippen LogP contribution is 2.16. The molecule has 2 saturated heterocycles. The van der Waals surface area contributed by atoms with Crippen molar-refractivity contribution in [2.24, 2.45) is 4.99 Å². The maximum absolute atomic E-state index is 5.66. The van der Waals surface area contributed by atoms with Crippen molar-refractivity contribution >= 4 is 11.6 Å². The number of rotatable bonds is 5. The van der Waals surface area contributed by atoms with Crippen LogP contribution < -0.4 is 10.2 Å². The van der Waals surface area contributed by atoms with Crippen LogP contribution in [0.4, 0.5) is 5.69 Å². The molecule has 2 heterocycles. The number of hydrogen-bond donors (Lipinski definition) is 1. The van der Waals surface area contributed by atoms with Crippen LogP contribution in [-0.4, -0.2) is 74.8 Å². The molecule has 0 bridgehead atoms. The number of guanidine groups is 1. The Bertz CT molecular complexity index is 848. The van der Waals surface area contributed by atoms with Crippen molar-refractivity contribution in [1.82, 2.24) is 15.1 Å². The Hall–Kier alpha value is -2.57. The third-order valence-corrected chi connectivity index (χ3v) is 6.09. The molecule has 1 N–H and O–H groups in total. The first kappa shape index (κ1) is 21.7. The van der Waals surface area contributed by atoms with Gasteiger partial charge in [0.25, 0.3) is 0 Å². The molecule has 0 spiro atoms. The van der Waals surface area contributed by atoms with Gasteiger partial charge in [0.15, 0.2) is 5.96 Å². The quantitative estimate of drug-likeness (QED) is 0.594. The number of ether oxygens (including phenoxy) is 1. The molecule has 0 aliphatic carbocycles. The van der Waals surface area contributed by atoms with E-state index in [1.807, 2.05) is 7.05 Å². The lowest BCUT2D eigenvalue weighted by atomic mass is 10.1. The maximum atomic E-state index is 5.66. The Kier molecular flexibility index (Phi) is 7.43. The summed E-state index contributed by atoms with van der Waals surface area (Å²) in [6.07, 6.45) is 0.323. The molecule has 2 fully saturated rings. The Balaban J connectivity index is 1.28. The summed E-state index contributed by atoms with van der Waals surface area (Å²) in [5.74, 6) is 0.986. The number of morpholine rings is 1. The lowest BCUT2D eigenvalue weighted by Gasteiger charge is -2.37. The molecular weight excluding hydrogens is 386 g/mol. The molecule has 2 aliphatic rings. The Morgan fingerprint density at radius 1 is 1.00 bits per heavy atom. The Morgan fingerprint density at radius 2 is 1.77 bits per heavy atom. The summed E-state index contributed by atoms with van der Waals surface area (Å²) in [5.41, 5.74) is 3.96. The lowest BCUT2D eigenvalue weighted by molar-refractivity contribution is -0.0212. The van der Waals surface area contributed by atoms with Gasteiger partial charge in [-0.15, -0.1) is 0 Å². The van der Waals surface area contributed by atoms with Crippen molar-refractivity contribution in [2.45, 2.75) is 26.1 Å². The highest BCUT2D eigenvalue weighted by molar-refractivity contribution is 5.80. The smallest absolute Gasteiger partial charge is 0.194 e. The van der Waals surface area contributed by atoms with Gasteiger partial charge in [-0.1, -0.05) is 42.5 Å². The Morgan fingerprint density at radius 3 is 2.52 bits per heavy atom. The van der Waals surface area contributed by atoms with Gasteiger partial charge in [-0.25, -0.2) is 0 Å². The SMILES string of the molecule is CN=C(NCc1cccc(CN2CCOC(C)C2)c1)N1CCN(c2ccccc2)CC1. The number of nitrogens with zero attached hydrogens (tertiary/aromatic N) is 4. The van der Waals surface area contributed by atoms with Gasteiger partial charge >= 0.3 is 0 Å². The summed E-state index contributed by atoms with van der Waals surface area (Å²) in [7, 11) is 1.88. The monoisotopic (exact) mass is 421 g/mol. The summed E-state index contributed by atoms with van der Waals surface area (Å²) in [4.78, 5) is 11.8. The first-order valence-corrected chi connectivity index (χ1v) is 11.4. The minimum Gasteiger partial charge on any atom is -0.376 e. The van der Waals surface area contributed by atoms with Crippen LogP contribution >= 0.6 is 0 Å². The molecule has 166 valence electrons. The van der Waals surface area contributed by atoms with E-state index >= 15 is 0 Å². The van der Waals surface area contributed by atoms with Gasteiger partial charge in [0.2, 0.25) is 0 Å². The number of piperazine rings is 1. The summed E-state index contributed by atoms with van der Waals surface area (Å²) in [6.45, 7) is 10.7. The van der Waals surface area contributed by atoms with Gasteiger partial charge in [0, 0.05) is 65.1 Å². The Labute approximate surface area is 186 Å². The van der Waals surface area contributed by atoms with Crippen LogP contribution in [-0.2, 0) is 17.8 Å². The van der Waals surface area contributed by atoms with Crippen molar-refractivity contribution in [1.29, 1.82) is 0 Å². The van der Waals surface area contributed by atoms with Crippen LogP contribution in [0.1, 0.15) is 18.1 Å². The fourth-order valence-corrected chi connectivity index (χ4v) is 4.46. The van der Waals surface area contributed by atoms with E-state index in [1.165, 1.54) is 16.8 Å². The molecule has 0 radical (unpaired) electrons. The zero-order chi connectivity index (χ0) is 21.5. The molecule has 1 unspecified atom stereocenters. The van der Waals surface area contributed by atoms with Gasteiger partial charge in [0.1, 0.15) is 0 Å². The first-order valence-electron chi connectivity index (χ1n) is 11.4. The van der Waals surface area contributed by atoms with E-state index in [0.717, 1.165) is 64.9 Å². The molecule has 31 heavy (non-hydrogen) atoms. The number of para-hydroxylation sites is 1. The predicted octanol–water partition coefficient (Wildman–Crippen LogP) is 2.80. The van der Waals surface area contributed by atoms with Gasteiger partial charge < -0.3 is 19.9 Å². The normalized spacial score (nSPS) is 20.7. The van der Waals surface area contributed by atoms with Crippen molar-refractivity contribution in [2.75, 3.05) is 57.8 Å². The predicted molar refractivity (Wildman–Crippen MR) is 128 cm³/mol. The molecular formula is C25H35N5O. The van der Waals surface area contributed by atoms with E-state index in [2.05, 4.69) is 86.5 Å². The van der Waals surface area contributed by atoms with Crippen LogP contribution in [0.3, 0.4) is 0 Å². The largest absolute Gasteiger partial charge is 0.376 e. The van der Waals surface area contributed by atoms with Crippen molar-refractivity contribution in [3.63, 3.8) is 0 Å². The molecule has 6 heteroatoms. The number of hydrogen-bond acceptors (Lipinski definition) is 4. The number of benzene rings is 2. The van der Waals surface area contributed by atoms with Crippen molar-refractivity contribution < 1.29 is 4.74 Å². The molecule has 0 aromatic heterocycles. The van der Waals surface area contributed by atoms with Crippen LogP contribution in [0.2, 0.25) is 0 Å². The summed E-state index contributed by atoms with van der Waals surface area (Å²) >= 11 is 0. The molecule has 0 saturated carbocycles. The van der Waals surface area contributed by atoms with E-state index in [4.69, 9.17) is 4.74 Å². The first-order chi connectivity index (χ1) is 15.2. The van der Waals surface area contributed by atoms with Gasteiger partial charge in [-0.05, 0) is 30.2 Å². The fourth-order valence-electron chi connectivity index (χ4n) is 4.46. The minimum absolute atomic E-state index is 0.323. The molecule has 2 aromatic rings. The van der Waals surface area contributed by atoms with E-state index < -0.39 is 0 Å². The lowest BCUT2D eigenvalue weighted by Crippen LogP contribution is -2.52. The average molecular weight is 422 g/mol. The molecule has 0 amide bonds. The van der Waals surface area contributed by atoms with Crippen molar-refractivity contribution in [3.8, 4) is 0 Å². The van der Waals surface area contributed by atoms with Crippen LogP contribution in [0.5, 0.6) is 0 Å². The fraction of sp³-hybridized carbons (Fsp3) is 0.480. The van der Waals surface area contributed by atoms with Gasteiger partial charge in [0.05, 0.1) is 12.7 Å². The second-order valence-electron chi connectivity index (χ2n) is 8.45. The van der Waals surface area contributed by atoms with Crippen LogP contribution in [0, 0.1) is 0 Å². The van der Waals surface area contributed by atoms with Crippen LogP contribution in [0.25, 0.3) is 0 Å². The maximum Gasteiger partial charge on any atom is 0.194 e. The third kappa shape index (κ3) is 5.99. The minimum atomic E-state index is 0.323. The molecule has 6 nitrogen and oxygen atoms in total. The number of aliphatic imine (C=N–C) groups is 1. The van der Waals surface area contributed by atoms with E-state index in [1.54, 1.807) is 0 Å². The van der Waals surface area contributed by atoms with E-state index in [-0.39, 0.29) is 0 Å². The second kappa shape index (κ2) is 10.6. The summed E-state index contributed by atoms with van der Waals surface area (Å²) in [5, 5.41) is 3.57. The number of anilines is 1. The second-order valence-corrected chi connectivity index (χ2v) is 8.45. The molecule has 2 aromatic carbocycles. The topological polar surface area (TPSA) is 43.3 Å². The van der Waals surface area contributed by atoms with Crippen molar-refractivity contribution in [3.05, 3.63) is 65.7 Å².